The van der Waals surface area contributed by atoms with Gasteiger partial charge in [-0.2, -0.15) is 0 Å². The van der Waals surface area contributed by atoms with Gasteiger partial charge in [0, 0.05) is 24.0 Å². The van der Waals surface area contributed by atoms with Crippen molar-refractivity contribution in [3.63, 3.8) is 0 Å². The first-order valence-corrected chi connectivity index (χ1v) is 7.92. The molecule has 0 amide bonds. The molecule has 0 fully saturated rings. The van der Waals surface area contributed by atoms with E-state index in [9.17, 15) is 0 Å². The number of aryl methyl sites for hydroxylation is 2. The van der Waals surface area contributed by atoms with Crippen molar-refractivity contribution < 1.29 is 0 Å². The third kappa shape index (κ3) is 3.61. The second kappa shape index (κ2) is 6.72. The van der Waals surface area contributed by atoms with E-state index in [0.717, 1.165) is 10.9 Å². The van der Waals surface area contributed by atoms with E-state index in [-0.39, 0.29) is 6.04 Å². The molecule has 2 N–H and O–H groups in total. The Bertz CT molecular complexity index is 580. The molecular formula is C16H21ClN2S. The lowest BCUT2D eigenvalue weighted by Crippen LogP contribution is -2.30. The van der Waals surface area contributed by atoms with Gasteiger partial charge in [-0.15, -0.1) is 11.3 Å². The third-order valence-corrected chi connectivity index (χ3v) is 4.79. The standard InChI is InChI=1S/C16H21ClN2S/c1-11-4-6-14(12(2)8-11)15(9-18)19(3)10-13-5-7-16(17)20-13/h4-8,15H,9-10,18H2,1-3H3. The molecular weight excluding hydrogens is 288 g/mol. The highest BCUT2D eigenvalue weighted by atomic mass is 35.5. The van der Waals surface area contributed by atoms with Crippen LogP contribution in [0.25, 0.3) is 0 Å². The molecule has 0 aliphatic rings. The fourth-order valence-corrected chi connectivity index (χ4v) is 3.69. The van der Waals surface area contributed by atoms with Crippen LogP contribution in [0, 0.1) is 13.8 Å². The third-order valence-electron chi connectivity index (χ3n) is 3.57. The molecule has 0 aliphatic heterocycles. The minimum atomic E-state index is 0.233. The monoisotopic (exact) mass is 308 g/mol. The molecule has 0 bridgehead atoms. The van der Waals surface area contributed by atoms with Gasteiger partial charge in [0.25, 0.3) is 0 Å². The van der Waals surface area contributed by atoms with Crippen LogP contribution in [0.4, 0.5) is 0 Å². The highest BCUT2D eigenvalue weighted by Crippen LogP contribution is 2.27. The second-order valence-corrected chi connectivity index (χ2v) is 7.03. The van der Waals surface area contributed by atoms with E-state index in [1.807, 2.05) is 6.07 Å². The number of benzene rings is 1. The first kappa shape index (κ1) is 15.5. The predicted molar refractivity (Wildman–Crippen MR) is 88.5 cm³/mol. The number of likely N-dealkylation sites (N-methyl/N-ethyl adjacent to an activating group) is 1. The number of nitrogens with two attached hydrogens (primary N) is 1. The Morgan fingerprint density at radius 3 is 2.55 bits per heavy atom. The average Bonchev–Trinajstić information content (AvgIpc) is 2.78. The molecule has 1 heterocycles. The molecule has 20 heavy (non-hydrogen) atoms. The van der Waals surface area contributed by atoms with Crippen LogP contribution in [-0.2, 0) is 6.54 Å². The zero-order valence-corrected chi connectivity index (χ0v) is 13.8. The molecule has 1 aromatic heterocycles. The summed E-state index contributed by atoms with van der Waals surface area (Å²) in [6.45, 7) is 5.75. The molecule has 2 aromatic rings. The molecule has 0 spiro atoms. The van der Waals surface area contributed by atoms with Crippen molar-refractivity contribution in [2.75, 3.05) is 13.6 Å². The van der Waals surface area contributed by atoms with Crippen LogP contribution in [0.5, 0.6) is 0 Å². The molecule has 108 valence electrons. The molecule has 0 saturated carbocycles. The highest BCUT2D eigenvalue weighted by molar-refractivity contribution is 7.16. The highest BCUT2D eigenvalue weighted by Gasteiger charge is 2.18. The maximum atomic E-state index is 6.01. The number of halogens is 1. The summed E-state index contributed by atoms with van der Waals surface area (Å²) in [5, 5.41) is 0. The van der Waals surface area contributed by atoms with Gasteiger partial charge < -0.3 is 5.73 Å². The fraction of sp³-hybridized carbons (Fsp3) is 0.375. The van der Waals surface area contributed by atoms with E-state index in [2.05, 4.69) is 50.1 Å². The summed E-state index contributed by atoms with van der Waals surface area (Å²) in [5.74, 6) is 0. The van der Waals surface area contributed by atoms with Crippen molar-refractivity contribution in [1.82, 2.24) is 4.90 Å². The molecule has 1 atom stereocenters. The number of rotatable bonds is 5. The van der Waals surface area contributed by atoms with E-state index in [1.54, 1.807) is 11.3 Å². The minimum absolute atomic E-state index is 0.233. The lowest BCUT2D eigenvalue weighted by Gasteiger charge is -2.28. The average molecular weight is 309 g/mol. The van der Waals surface area contributed by atoms with Crippen LogP contribution >= 0.6 is 22.9 Å². The number of nitrogens with zero attached hydrogens (tertiary/aromatic N) is 1. The molecule has 2 rings (SSSR count). The molecule has 0 saturated heterocycles. The van der Waals surface area contributed by atoms with E-state index in [1.165, 1.54) is 21.6 Å². The van der Waals surface area contributed by atoms with E-state index >= 15 is 0 Å². The first-order valence-electron chi connectivity index (χ1n) is 6.73. The van der Waals surface area contributed by atoms with Crippen LogP contribution in [0.15, 0.2) is 30.3 Å². The van der Waals surface area contributed by atoms with E-state index in [0.29, 0.717) is 6.54 Å². The van der Waals surface area contributed by atoms with Gasteiger partial charge in [-0.1, -0.05) is 35.4 Å². The van der Waals surface area contributed by atoms with Crippen LogP contribution < -0.4 is 5.73 Å². The Balaban J connectivity index is 2.18. The SMILES string of the molecule is Cc1ccc(C(CN)N(C)Cc2ccc(Cl)s2)c(C)c1. The van der Waals surface area contributed by atoms with Crippen LogP contribution in [-0.4, -0.2) is 18.5 Å². The van der Waals surface area contributed by atoms with Crippen molar-refractivity contribution in [2.45, 2.75) is 26.4 Å². The molecule has 4 heteroatoms. The van der Waals surface area contributed by atoms with Crippen molar-refractivity contribution in [1.29, 1.82) is 0 Å². The molecule has 1 unspecified atom stereocenters. The van der Waals surface area contributed by atoms with Crippen LogP contribution in [0.2, 0.25) is 4.34 Å². The van der Waals surface area contributed by atoms with Crippen molar-refractivity contribution in [3.05, 3.63) is 56.2 Å². The second-order valence-electron chi connectivity index (χ2n) is 5.23. The van der Waals surface area contributed by atoms with Gasteiger partial charge >= 0.3 is 0 Å². The minimum Gasteiger partial charge on any atom is -0.329 e. The summed E-state index contributed by atoms with van der Waals surface area (Å²) >= 11 is 7.62. The van der Waals surface area contributed by atoms with Gasteiger partial charge in [0.1, 0.15) is 0 Å². The topological polar surface area (TPSA) is 29.3 Å². The molecule has 0 aliphatic carbocycles. The smallest absolute Gasteiger partial charge is 0.0931 e. The summed E-state index contributed by atoms with van der Waals surface area (Å²) in [4.78, 5) is 3.56. The van der Waals surface area contributed by atoms with Gasteiger partial charge in [0.05, 0.1) is 4.34 Å². The Labute approximate surface area is 130 Å². The summed E-state index contributed by atoms with van der Waals surface area (Å²) in [6, 6.07) is 10.8. The summed E-state index contributed by atoms with van der Waals surface area (Å²) in [6.07, 6.45) is 0. The lowest BCUT2D eigenvalue weighted by molar-refractivity contribution is 0.243. The zero-order chi connectivity index (χ0) is 14.7. The summed E-state index contributed by atoms with van der Waals surface area (Å²) in [7, 11) is 2.12. The fourth-order valence-electron chi connectivity index (χ4n) is 2.54. The zero-order valence-electron chi connectivity index (χ0n) is 12.2. The number of thiophene rings is 1. The van der Waals surface area contributed by atoms with Crippen LogP contribution in [0.3, 0.4) is 0 Å². The Morgan fingerprint density at radius 1 is 1.25 bits per heavy atom. The summed E-state index contributed by atoms with van der Waals surface area (Å²) in [5.41, 5.74) is 9.90. The maximum Gasteiger partial charge on any atom is 0.0931 e. The molecule has 2 nitrogen and oxygen atoms in total. The Kier molecular flexibility index (Phi) is 5.22. The van der Waals surface area contributed by atoms with Gasteiger partial charge in [-0.3, -0.25) is 4.90 Å². The van der Waals surface area contributed by atoms with Gasteiger partial charge in [0.2, 0.25) is 0 Å². The molecule has 0 radical (unpaired) electrons. The van der Waals surface area contributed by atoms with E-state index in [4.69, 9.17) is 17.3 Å². The van der Waals surface area contributed by atoms with Gasteiger partial charge in [-0.25, -0.2) is 0 Å². The summed E-state index contributed by atoms with van der Waals surface area (Å²) < 4.78 is 0.837. The largest absolute Gasteiger partial charge is 0.329 e. The van der Waals surface area contributed by atoms with Gasteiger partial charge in [-0.05, 0) is 44.2 Å². The quantitative estimate of drug-likeness (QED) is 0.899. The van der Waals surface area contributed by atoms with Crippen LogP contribution in [0.1, 0.15) is 27.6 Å². The van der Waals surface area contributed by atoms with Crippen molar-refractivity contribution >= 4 is 22.9 Å². The molecule has 1 aromatic carbocycles. The normalized spacial score (nSPS) is 12.9. The number of hydrogen-bond donors (Lipinski definition) is 1. The first-order chi connectivity index (χ1) is 9.51. The Morgan fingerprint density at radius 2 is 2.00 bits per heavy atom. The lowest BCUT2D eigenvalue weighted by atomic mass is 9.98. The predicted octanol–water partition coefficient (Wildman–Crippen LogP) is 4.15. The Hall–Kier alpha value is -0.870. The van der Waals surface area contributed by atoms with Gasteiger partial charge in [0.15, 0.2) is 0 Å². The maximum absolute atomic E-state index is 6.01. The van der Waals surface area contributed by atoms with Crippen molar-refractivity contribution in [2.24, 2.45) is 5.73 Å². The number of hydrogen-bond acceptors (Lipinski definition) is 3. The van der Waals surface area contributed by atoms with Crippen molar-refractivity contribution in [3.8, 4) is 0 Å². The van der Waals surface area contributed by atoms with E-state index < -0.39 is 0 Å².